The standard InChI is InChI=1S/C28H28F3N3O4S/c1-14-9-15(2)23(16(3)10-14)33-27(38)32-20-13-21(17-11-18(29)22(31)19(30)12-17)39-24(20)25(35)34-28(26(36)37)7-5-4-6-8-28/h9-13H,4-8H2,1-3H3,(H,34,35)(H,36,37)(H2,32,33,38). The summed E-state index contributed by atoms with van der Waals surface area (Å²) >= 11 is 0.796. The summed E-state index contributed by atoms with van der Waals surface area (Å²) in [6.07, 6.45) is 2.59. The van der Waals surface area contributed by atoms with Crippen LogP contribution >= 0.6 is 11.3 Å². The van der Waals surface area contributed by atoms with Crippen LogP contribution in [0.1, 0.15) is 58.5 Å². The minimum Gasteiger partial charge on any atom is -0.480 e. The smallest absolute Gasteiger partial charge is 0.329 e. The Morgan fingerprint density at radius 3 is 2.03 bits per heavy atom. The van der Waals surface area contributed by atoms with Gasteiger partial charge in [0.25, 0.3) is 5.91 Å². The number of carboxylic acids is 1. The van der Waals surface area contributed by atoms with Crippen LogP contribution in [0.15, 0.2) is 30.3 Å². The fraction of sp³-hybridized carbons (Fsp3) is 0.321. The summed E-state index contributed by atoms with van der Waals surface area (Å²) in [7, 11) is 0. The molecule has 39 heavy (non-hydrogen) atoms. The van der Waals surface area contributed by atoms with Gasteiger partial charge in [-0.2, -0.15) is 0 Å². The predicted molar refractivity (Wildman–Crippen MR) is 144 cm³/mol. The van der Waals surface area contributed by atoms with E-state index < -0.39 is 40.9 Å². The molecule has 0 spiro atoms. The molecule has 3 aromatic rings. The monoisotopic (exact) mass is 559 g/mol. The average Bonchev–Trinajstić information content (AvgIpc) is 3.28. The largest absolute Gasteiger partial charge is 0.480 e. The Labute approximate surface area is 227 Å². The Morgan fingerprint density at radius 1 is 0.872 bits per heavy atom. The highest BCUT2D eigenvalue weighted by atomic mass is 32.1. The maximum atomic E-state index is 14.0. The number of thiophene rings is 1. The van der Waals surface area contributed by atoms with E-state index in [0.29, 0.717) is 18.5 Å². The molecule has 206 valence electrons. The highest BCUT2D eigenvalue weighted by molar-refractivity contribution is 7.18. The van der Waals surface area contributed by atoms with Crippen molar-refractivity contribution in [2.75, 3.05) is 10.6 Å². The van der Waals surface area contributed by atoms with Crippen molar-refractivity contribution >= 4 is 40.6 Å². The van der Waals surface area contributed by atoms with Crippen LogP contribution in [0.3, 0.4) is 0 Å². The zero-order chi connectivity index (χ0) is 28.5. The number of rotatable bonds is 6. The molecule has 0 unspecified atom stereocenters. The van der Waals surface area contributed by atoms with Gasteiger partial charge in [0.2, 0.25) is 0 Å². The number of nitrogens with one attached hydrogen (secondary N) is 3. The number of hydrogen-bond donors (Lipinski definition) is 4. The van der Waals surface area contributed by atoms with E-state index in [1.807, 2.05) is 32.9 Å². The summed E-state index contributed by atoms with van der Waals surface area (Å²) in [6.45, 7) is 5.60. The normalized spacial score (nSPS) is 14.5. The number of urea groups is 1. The number of aliphatic carboxylic acids is 1. The van der Waals surface area contributed by atoms with Gasteiger partial charge < -0.3 is 21.1 Å². The summed E-state index contributed by atoms with van der Waals surface area (Å²) in [4.78, 5) is 38.6. The molecule has 1 aliphatic rings. The lowest BCUT2D eigenvalue weighted by atomic mass is 9.81. The SMILES string of the molecule is Cc1cc(C)c(NC(=O)Nc2cc(-c3cc(F)c(F)c(F)c3)sc2C(=O)NC2(C(=O)O)CCCCC2)c(C)c1. The van der Waals surface area contributed by atoms with Crippen molar-refractivity contribution in [1.29, 1.82) is 0 Å². The molecule has 4 N–H and O–H groups in total. The number of aryl methyl sites for hydroxylation is 3. The second-order valence-electron chi connectivity index (χ2n) is 9.86. The Balaban J connectivity index is 1.70. The fourth-order valence-corrected chi connectivity index (χ4v) is 5.95. The zero-order valence-corrected chi connectivity index (χ0v) is 22.5. The number of anilines is 2. The number of benzene rings is 2. The molecule has 1 aliphatic carbocycles. The van der Waals surface area contributed by atoms with Gasteiger partial charge in [-0.1, -0.05) is 37.0 Å². The van der Waals surface area contributed by atoms with Crippen LogP contribution in [0.2, 0.25) is 0 Å². The van der Waals surface area contributed by atoms with Crippen LogP contribution in [0, 0.1) is 38.2 Å². The van der Waals surface area contributed by atoms with Gasteiger partial charge in [0.1, 0.15) is 10.4 Å². The van der Waals surface area contributed by atoms with Gasteiger partial charge in [0, 0.05) is 10.6 Å². The lowest BCUT2D eigenvalue weighted by molar-refractivity contribution is -0.145. The number of hydrogen-bond acceptors (Lipinski definition) is 4. The Hall–Kier alpha value is -3.86. The lowest BCUT2D eigenvalue weighted by Crippen LogP contribution is -2.55. The van der Waals surface area contributed by atoms with E-state index in [2.05, 4.69) is 16.0 Å². The molecule has 7 nitrogen and oxygen atoms in total. The average molecular weight is 560 g/mol. The van der Waals surface area contributed by atoms with Gasteiger partial charge in [-0.25, -0.2) is 22.8 Å². The molecule has 0 saturated heterocycles. The van der Waals surface area contributed by atoms with Crippen LogP contribution in [-0.4, -0.2) is 28.6 Å². The third kappa shape index (κ3) is 5.93. The molecule has 11 heteroatoms. The van der Waals surface area contributed by atoms with Gasteiger partial charge in [-0.3, -0.25) is 4.79 Å². The van der Waals surface area contributed by atoms with Gasteiger partial charge in [0.05, 0.1) is 5.69 Å². The van der Waals surface area contributed by atoms with Gasteiger partial charge in [-0.15, -0.1) is 11.3 Å². The molecule has 1 saturated carbocycles. The third-order valence-corrected chi connectivity index (χ3v) is 8.02. The number of halogens is 3. The second-order valence-corrected chi connectivity index (χ2v) is 10.9. The number of carbonyl (C=O) groups is 3. The van der Waals surface area contributed by atoms with Crippen molar-refractivity contribution in [2.45, 2.75) is 58.4 Å². The highest BCUT2D eigenvalue weighted by Crippen LogP contribution is 2.37. The first-order chi connectivity index (χ1) is 18.4. The zero-order valence-electron chi connectivity index (χ0n) is 21.6. The predicted octanol–water partition coefficient (Wildman–Crippen LogP) is 6.92. The van der Waals surface area contributed by atoms with E-state index in [1.165, 1.54) is 6.07 Å². The van der Waals surface area contributed by atoms with E-state index in [-0.39, 0.29) is 33.8 Å². The first-order valence-corrected chi connectivity index (χ1v) is 13.2. The van der Waals surface area contributed by atoms with Crippen molar-refractivity contribution in [3.63, 3.8) is 0 Å². The first kappa shape index (κ1) is 28.2. The van der Waals surface area contributed by atoms with E-state index in [0.717, 1.165) is 46.6 Å². The number of amides is 3. The van der Waals surface area contributed by atoms with Crippen LogP contribution in [-0.2, 0) is 4.79 Å². The number of carbonyl (C=O) groups excluding carboxylic acids is 2. The molecular formula is C28H28F3N3O4S. The van der Waals surface area contributed by atoms with E-state index >= 15 is 0 Å². The molecule has 0 atom stereocenters. The lowest BCUT2D eigenvalue weighted by Gasteiger charge is -2.33. The molecule has 1 aromatic heterocycles. The van der Waals surface area contributed by atoms with Crippen molar-refractivity contribution < 1.29 is 32.7 Å². The van der Waals surface area contributed by atoms with Crippen LogP contribution < -0.4 is 16.0 Å². The Morgan fingerprint density at radius 2 is 1.46 bits per heavy atom. The Kier molecular flexibility index (Phi) is 8.01. The van der Waals surface area contributed by atoms with Crippen LogP contribution in [0.5, 0.6) is 0 Å². The van der Waals surface area contributed by atoms with Crippen molar-refractivity contribution in [2.24, 2.45) is 0 Å². The maximum Gasteiger partial charge on any atom is 0.329 e. The summed E-state index contributed by atoms with van der Waals surface area (Å²) < 4.78 is 41.5. The Bertz CT molecular complexity index is 1420. The van der Waals surface area contributed by atoms with Gasteiger partial charge >= 0.3 is 12.0 Å². The molecule has 0 bridgehead atoms. The first-order valence-electron chi connectivity index (χ1n) is 12.4. The van der Waals surface area contributed by atoms with Gasteiger partial charge in [0.15, 0.2) is 17.5 Å². The van der Waals surface area contributed by atoms with E-state index in [1.54, 1.807) is 0 Å². The van der Waals surface area contributed by atoms with Crippen LogP contribution in [0.4, 0.5) is 29.3 Å². The molecule has 3 amide bonds. The molecule has 1 heterocycles. The summed E-state index contributed by atoms with van der Waals surface area (Å²) in [5.41, 5.74) is 1.74. The topological polar surface area (TPSA) is 108 Å². The molecule has 2 aromatic carbocycles. The quantitative estimate of drug-likeness (QED) is 0.246. The van der Waals surface area contributed by atoms with Crippen molar-refractivity contribution in [3.8, 4) is 10.4 Å². The fourth-order valence-electron chi connectivity index (χ4n) is 4.96. The molecule has 0 radical (unpaired) electrons. The van der Waals surface area contributed by atoms with Crippen LogP contribution in [0.25, 0.3) is 10.4 Å². The minimum atomic E-state index is -1.63. The third-order valence-electron chi connectivity index (χ3n) is 6.84. The van der Waals surface area contributed by atoms with E-state index in [9.17, 15) is 32.7 Å². The molecule has 0 aliphatic heterocycles. The summed E-state index contributed by atoms with van der Waals surface area (Å²) in [5, 5.41) is 17.9. The second kappa shape index (κ2) is 11.1. The summed E-state index contributed by atoms with van der Waals surface area (Å²) in [5.74, 6) is -6.36. The van der Waals surface area contributed by atoms with Crippen molar-refractivity contribution in [3.05, 3.63) is 69.4 Å². The van der Waals surface area contributed by atoms with Gasteiger partial charge in [-0.05, 0) is 68.5 Å². The number of carboxylic acid groups (broad SMARTS) is 1. The highest BCUT2D eigenvalue weighted by Gasteiger charge is 2.41. The summed E-state index contributed by atoms with van der Waals surface area (Å²) in [6, 6.07) is 6.04. The molecule has 1 fully saturated rings. The molecular weight excluding hydrogens is 531 g/mol. The van der Waals surface area contributed by atoms with E-state index in [4.69, 9.17) is 0 Å². The molecule has 4 rings (SSSR count). The van der Waals surface area contributed by atoms with Crippen molar-refractivity contribution in [1.82, 2.24) is 5.32 Å². The minimum absolute atomic E-state index is 0.00825. The maximum absolute atomic E-state index is 14.0.